The van der Waals surface area contributed by atoms with Crippen LogP contribution in [0.15, 0.2) is 0 Å². The molecule has 1 heterocycles. The van der Waals surface area contributed by atoms with Gasteiger partial charge >= 0.3 is 0 Å². The van der Waals surface area contributed by atoms with Gasteiger partial charge < -0.3 is 10.6 Å². The van der Waals surface area contributed by atoms with Gasteiger partial charge in [-0.05, 0) is 51.1 Å². The zero-order chi connectivity index (χ0) is 11.2. The lowest BCUT2D eigenvalue weighted by atomic mass is 10.0. The zero-order valence-electron chi connectivity index (χ0n) is 10.1. The first kappa shape index (κ1) is 11.9. The zero-order valence-corrected chi connectivity index (χ0v) is 10.1. The Kier molecular flexibility index (Phi) is 4.64. The number of hydrogen-bond acceptors (Lipinski definition) is 2. The fourth-order valence-electron chi connectivity index (χ4n) is 2.93. The van der Waals surface area contributed by atoms with Crippen molar-refractivity contribution in [2.24, 2.45) is 5.92 Å². The van der Waals surface area contributed by atoms with Crippen molar-refractivity contribution in [2.75, 3.05) is 13.1 Å². The maximum atomic E-state index is 11.8. The van der Waals surface area contributed by atoms with Crippen molar-refractivity contribution < 1.29 is 4.79 Å². The third-order valence-electron chi connectivity index (χ3n) is 3.89. The molecule has 2 fully saturated rings. The molecular formula is C13H24N2O. The average molecular weight is 224 g/mol. The van der Waals surface area contributed by atoms with E-state index in [-0.39, 0.29) is 0 Å². The summed E-state index contributed by atoms with van der Waals surface area (Å²) in [5.74, 6) is 0.961. The highest BCUT2D eigenvalue weighted by molar-refractivity contribution is 5.76. The Morgan fingerprint density at radius 1 is 1.06 bits per heavy atom. The van der Waals surface area contributed by atoms with Crippen LogP contribution in [0.25, 0.3) is 0 Å². The van der Waals surface area contributed by atoms with Gasteiger partial charge in [0.25, 0.3) is 0 Å². The van der Waals surface area contributed by atoms with Crippen molar-refractivity contribution in [2.45, 2.75) is 57.4 Å². The Balaban J connectivity index is 1.68. The first-order chi connectivity index (χ1) is 7.84. The van der Waals surface area contributed by atoms with Gasteiger partial charge in [0.2, 0.25) is 5.91 Å². The van der Waals surface area contributed by atoms with Crippen molar-refractivity contribution in [3.8, 4) is 0 Å². The van der Waals surface area contributed by atoms with Gasteiger partial charge in [-0.15, -0.1) is 0 Å². The van der Waals surface area contributed by atoms with Crippen molar-refractivity contribution in [3.05, 3.63) is 0 Å². The predicted molar refractivity (Wildman–Crippen MR) is 65.2 cm³/mol. The van der Waals surface area contributed by atoms with Gasteiger partial charge in [0.05, 0.1) is 0 Å². The molecular weight excluding hydrogens is 200 g/mol. The minimum atomic E-state index is 0.291. The Morgan fingerprint density at radius 3 is 2.69 bits per heavy atom. The minimum absolute atomic E-state index is 0.291. The van der Waals surface area contributed by atoms with Crippen molar-refractivity contribution >= 4 is 5.91 Å². The Morgan fingerprint density at radius 2 is 1.88 bits per heavy atom. The number of carbonyl (C=O) groups excluding carboxylic acids is 1. The lowest BCUT2D eigenvalue weighted by Gasteiger charge is -2.17. The molecule has 1 saturated carbocycles. The smallest absolute Gasteiger partial charge is 0.220 e. The van der Waals surface area contributed by atoms with Crippen LogP contribution in [-0.2, 0) is 4.79 Å². The van der Waals surface area contributed by atoms with Crippen LogP contribution in [0.2, 0.25) is 0 Å². The van der Waals surface area contributed by atoms with E-state index in [0.717, 1.165) is 32.4 Å². The molecule has 0 radical (unpaired) electrons. The lowest BCUT2D eigenvalue weighted by Crippen LogP contribution is -2.36. The number of carbonyl (C=O) groups is 1. The second-order valence-corrected chi connectivity index (χ2v) is 5.30. The van der Waals surface area contributed by atoms with Gasteiger partial charge in [-0.25, -0.2) is 0 Å². The highest BCUT2D eigenvalue weighted by Crippen LogP contribution is 2.27. The summed E-state index contributed by atoms with van der Waals surface area (Å²) in [6.07, 6.45) is 9.37. The molecule has 16 heavy (non-hydrogen) atoms. The van der Waals surface area contributed by atoms with Gasteiger partial charge in [0, 0.05) is 12.5 Å². The molecule has 1 unspecified atom stereocenters. The van der Waals surface area contributed by atoms with E-state index in [1.165, 1.54) is 32.1 Å². The van der Waals surface area contributed by atoms with Crippen molar-refractivity contribution in [1.82, 2.24) is 10.6 Å². The molecule has 1 saturated heterocycles. The minimum Gasteiger partial charge on any atom is -0.353 e. The van der Waals surface area contributed by atoms with E-state index < -0.39 is 0 Å². The van der Waals surface area contributed by atoms with E-state index in [4.69, 9.17) is 0 Å². The molecule has 2 N–H and O–H groups in total. The molecule has 0 aromatic heterocycles. The molecule has 92 valence electrons. The topological polar surface area (TPSA) is 41.1 Å². The second-order valence-electron chi connectivity index (χ2n) is 5.30. The molecule has 0 aromatic carbocycles. The van der Waals surface area contributed by atoms with Crippen LogP contribution in [0.4, 0.5) is 0 Å². The summed E-state index contributed by atoms with van der Waals surface area (Å²) in [7, 11) is 0. The molecule has 3 heteroatoms. The van der Waals surface area contributed by atoms with Gasteiger partial charge in [-0.1, -0.05) is 12.8 Å². The van der Waals surface area contributed by atoms with Gasteiger partial charge in [-0.2, -0.15) is 0 Å². The van der Waals surface area contributed by atoms with E-state index >= 15 is 0 Å². The third-order valence-corrected chi connectivity index (χ3v) is 3.89. The molecule has 3 nitrogen and oxygen atoms in total. The molecule has 1 aliphatic carbocycles. The Hall–Kier alpha value is -0.570. The summed E-state index contributed by atoms with van der Waals surface area (Å²) in [5.41, 5.74) is 0. The van der Waals surface area contributed by atoms with Crippen LogP contribution >= 0.6 is 0 Å². The molecule has 2 aliphatic rings. The van der Waals surface area contributed by atoms with Crippen molar-refractivity contribution in [1.29, 1.82) is 0 Å². The van der Waals surface area contributed by atoms with Crippen LogP contribution in [0.5, 0.6) is 0 Å². The summed E-state index contributed by atoms with van der Waals surface area (Å²) < 4.78 is 0. The van der Waals surface area contributed by atoms with Gasteiger partial charge in [0.15, 0.2) is 0 Å². The monoisotopic (exact) mass is 224 g/mol. The SMILES string of the molecule is O=C(CC1CCCC1)NC1CCCNCC1. The van der Waals surface area contributed by atoms with E-state index in [9.17, 15) is 4.79 Å². The maximum Gasteiger partial charge on any atom is 0.220 e. The number of rotatable bonds is 3. The molecule has 1 amide bonds. The van der Waals surface area contributed by atoms with E-state index in [2.05, 4.69) is 10.6 Å². The quantitative estimate of drug-likeness (QED) is 0.768. The molecule has 0 bridgehead atoms. The van der Waals surface area contributed by atoms with Crippen LogP contribution in [0.3, 0.4) is 0 Å². The number of amides is 1. The predicted octanol–water partition coefficient (Wildman–Crippen LogP) is 1.82. The third kappa shape index (κ3) is 3.78. The highest BCUT2D eigenvalue weighted by atomic mass is 16.1. The van der Waals surface area contributed by atoms with E-state index in [0.29, 0.717) is 17.9 Å². The van der Waals surface area contributed by atoms with E-state index in [1.807, 2.05) is 0 Å². The first-order valence-electron chi connectivity index (χ1n) is 6.84. The molecule has 0 aromatic rings. The van der Waals surface area contributed by atoms with Crippen LogP contribution in [-0.4, -0.2) is 25.0 Å². The molecule has 1 atom stereocenters. The second kappa shape index (κ2) is 6.24. The summed E-state index contributed by atoms with van der Waals surface area (Å²) >= 11 is 0. The highest BCUT2D eigenvalue weighted by Gasteiger charge is 2.20. The number of hydrogen-bond donors (Lipinski definition) is 2. The lowest BCUT2D eigenvalue weighted by molar-refractivity contribution is -0.122. The summed E-state index contributed by atoms with van der Waals surface area (Å²) in [6, 6.07) is 0.420. The average Bonchev–Trinajstić information content (AvgIpc) is 2.62. The summed E-state index contributed by atoms with van der Waals surface area (Å²) in [6.45, 7) is 2.16. The first-order valence-corrected chi connectivity index (χ1v) is 6.84. The maximum absolute atomic E-state index is 11.8. The molecule has 1 aliphatic heterocycles. The van der Waals surface area contributed by atoms with Crippen LogP contribution in [0, 0.1) is 5.92 Å². The summed E-state index contributed by atoms with van der Waals surface area (Å²) in [4.78, 5) is 11.8. The van der Waals surface area contributed by atoms with Crippen molar-refractivity contribution in [3.63, 3.8) is 0 Å². The van der Waals surface area contributed by atoms with Gasteiger partial charge in [-0.3, -0.25) is 4.79 Å². The van der Waals surface area contributed by atoms with Gasteiger partial charge in [0.1, 0.15) is 0 Å². The normalized spacial score (nSPS) is 27.6. The standard InChI is InChI=1S/C13H24N2O/c16-13(10-11-4-1-2-5-11)15-12-6-3-8-14-9-7-12/h11-12,14H,1-10H2,(H,15,16). The van der Waals surface area contributed by atoms with E-state index in [1.54, 1.807) is 0 Å². The molecule has 0 spiro atoms. The Bertz CT molecular complexity index is 216. The summed E-state index contributed by atoms with van der Waals surface area (Å²) in [5, 5.41) is 6.58. The fraction of sp³-hybridized carbons (Fsp3) is 0.923. The number of nitrogens with one attached hydrogen (secondary N) is 2. The molecule has 2 rings (SSSR count). The largest absolute Gasteiger partial charge is 0.353 e. The Labute approximate surface area is 98.4 Å². The fourth-order valence-corrected chi connectivity index (χ4v) is 2.93. The van der Waals surface area contributed by atoms with Crippen LogP contribution in [0.1, 0.15) is 51.4 Å². The van der Waals surface area contributed by atoms with Crippen LogP contribution < -0.4 is 10.6 Å².